The molecule has 0 amide bonds. The Bertz CT molecular complexity index is 675. The van der Waals surface area contributed by atoms with Crippen LogP contribution in [0.25, 0.3) is 0 Å². The van der Waals surface area contributed by atoms with Crippen molar-refractivity contribution in [2.45, 2.75) is 26.2 Å². The number of aryl methyl sites for hydroxylation is 1. The Kier molecular flexibility index (Phi) is 5.34. The summed E-state index contributed by atoms with van der Waals surface area (Å²) in [6.45, 7) is 2.13. The zero-order valence-corrected chi connectivity index (χ0v) is 13.3. The fraction of sp³-hybridized carbons (Fsp3) is 0.308. The van der Waals surface area contributed by atoms with Crippen molar-refractivity contribution in [3.05, 3.63) is 44.4 Å². The quantitative estimate of drug-likeness (QED) is 0.650. The minimum Gasteiger partial charge on any atom is -0.250 e. The summed E-state index contributed by atoms with van der Waals surface area (Å²) in [5, 5.41) is 12.3. The first-order valence-electron chi connectivity index (χ1n) is 6.27. The summed E-state index contributed by atoms with van der Waals surface area (Å²) in [7, 11) is 0. The fourth-order valence-corrected chi connectivity index (χ4v) is 2.16. The number of nitrogens with one attached hydrogen (secondary N) is 1. The van der Waals surface area contributed by atoms with E-state index >= 15 is 0 Å². The summed E-state index contributed by atoms with van der Waals surface area (Å²) < 4.78 is 2.11. The highest BCUT2D eigenvalue weighted by Gasteiger charge is 2.04. The predicted octanol–water partition coefficient (Wildman–Crippen LogP) is 4.47. The first-order chi connectivity index (χ1) is 9.61. The molecule has 0 aliphatic carbocycles. The molecular weight excluding hydrogens is 315 g/mol. The Labute approximate surface area is 132 Å². The standard InChI is InChI=1S/C13H14Cl2N4S/c1-2-3-4-12-17-18-13(20)19(12)16-8-9-5-6-10(14)11(15)7-9/h5-8H,2-4H2,1H3,(H,18,20)/b16-8-. The van der Waals surface area contributed by atoms with Gasteiger partial charge in [0.25, 0.3) is 0 Å². The number of halogens is 2. The second kappa shape index (κ2) is 7.02. The second-order valence-electron chi connectivity index (χ2n) is 4.28. The van der Waals surface area contributed by atoms with E-state index in [1.165, 1.54) is 0 Å². The highest BCUT2D eigenvalue weighted by molar-refractivity contribution is 7.71. The summed E-state index contributed by atoms with van der Waals surface area (Å²) >= 11 is 17.0. The van der Waals surface area contributed by atoms with Crippen LogP contribution in [0, 0.1) is 4.77 Å². The van der Waals surface area contributed by atoms with E-state index in [-0.39, 0.29) is 0 Å². The van der Waals surface area contributed by atoms with Gasteiger partial charge in [-0.1, -0.05) is 42.6 Å². The lowest BCUT2D eigenvalue weighted by molar-refractivity contribution is 0.700. The molecule has 0 aliphatic heterocycles. The van der Waals surface area contributed by atoms with Crippen LogP contribution in [0.15, 0.2) is 23.3 Å². The van der Waals surface area contributed by atoms with Crippen molar-refractivity contribution < 1.29 is 0 Å². The Morgan fingerprint density at radius 3 is 2.90 bits per heavy atom. The number of H-pyrrole nitrogens is 1. The third kappa shape index (κ3) is 3.69. The molecule has 0 aliphatic rings. The maximum Gasteiger partial charge on any atom is 0.216 e. The molecule has 0 saturated carbocycles. The number of rotatable bonds is 5. The molecule has 0 saturated heterocycles. The maximum absolute atomic E-state index is 5.97. The van der Waals surface area contributed by atoms with Gasteiger partial charge in [0, 0.05) is 6.42 Å². The van der Waals surface area contributed by atoms with Crippen LogP contribution in [-0.4, -0.2) is 21.1 Å². The van der Waals surface area contributed by atoms with E-state index in [4.69, 9.17) is 35.4 Å². The van der Waals surface area contributed by atoms with Gasteiger partial charge < -0.3 is 0 Å². The van der Waals surface area contributed by atoms with Crippen molar-refractivity contribution >= 4 is 41.6 Å². The number of benzene rings is 1. The third-order valence-electron chi connectivity index (χ3n) is 2.74. The van der Waals surface area contributed by atoms with Gasteiger partial charge in [-0.3, -0.25) is 5.10 Å². The molecule has 1 N–H and O–H groups in total. The zero-order chi connectivity index (χ0) is 14.5. The topological polar surface area (TPSA) is 46.0 Å². The number of unbranched alkanes of at least 4 members (excludes halogenated alkanes) is 1. The van der Waals surface area contributed by atoms with Crippen LogP contribution in [0.5, 0.6) is 0 Å². The van der Waals surface area contributed by atoms with Gasteiger partial charge in [-0.25, -0.2) is 0 Å². The molecule has 106 valence electrons. The molecule has 0 unspecified atom stereocenters. The Morgan fingerprint density at radius 2 is 2.20 bits per heavy atom. The molecule has 1 aromatic carbocycles. The Morgan fingerprint density at radius 1 is 1.40 bits per heavy atom. The molecule has 0 radical (unpaired) electrons. The number of aromatic nitrogens is 3. The summed E-state index contributed by atoms with van der Waals surface area (Å²) in [4.78, 5) is 0. The van der Waals surface area contributed by atoms with Gasteiger partial charge in [-0.05, 0) is 36.3 Å². The van der Waals surface area contributed by atoms with Gasteiger partial charge >= 0.3 is 0 Å². The molecule has 7 heteroatoms. The number of hydrogen-bond donors (Lipinski definition) is 1. The minimum absolute atomic E-state index is 0.479. The monoisotopic (exact) mass is 328 g/mol. The summed E-state index contributed by atoms with van der Waals surface area (Å²) in [6, 6.07) is 5.33. The fourth-order valence-electron chi connectivity index (χ4n) is 1.66. The molecule has 2 rings (SSSR count). The average molecular weight is 329 g/mol. The van der Waals surface area contributed by atoms with Crippen molar-refractivity contribution in [1.29, 1.82) is 0 Å². The maximum atomic E-state index is 5.97. The van der Waals surface area contributed by atoms with E-state index in [1.807, 2.05) is 6.07 Å². The number of nitrogens with zero attached hydrogens (tertiary/aromatic N) is 3. The van der Waals surface area contributed by atoms with Crippen molar-refractivity contribution in [1.82, 2.24) is 14.9 Å². The third-order valence-corrected chi connectivity index (χ3v) is 3.74. The first-order valence-corrected chi connectivity index (χ1v) is 7.44. The van der Waals surface area contributed by atoms with Crippen molar-refractivity contribution in [3.63, 3.8) is 0 Å². The number of aromatic amines is 1. The molecular formula is C13H14Cl2N4S. The van der Waals surface area contributed by atoms with Crippen molar-refractivity contribution in [2.75, 3.05) is 0 Å². The van der Waals surface area contributed by atoms with Crippen LogP contribution in [-0.2, 0) is 6.42 Å². The Hall–Kier alpha value is -1.17. The molecule has 0 bridgehead atoms. The van der Waals surface area contributed by atoms with Crippen LogP contribution in [0.1, 0.15) is 31.2 Å². The van der Waals surface area contributed by atoms with Crippen LogP contribution >= 0.6 is 35.4 Å². The average Bonchev–Trinajstić information content (AvgIpc) is 2.78. The van der Waals surface area contributed by atoms with Crippen molar-refractivity contribution in [3.8, 4) is 0 Å². The predicted molar refractivity (Wildman–Crippen MR) is 85.5 cm³/mol. The highest BCUT2D eigenvalue weighted by atomic mass is 35.5. The molecule has 0 spiro atoms. The van der Waals surface area contributed by atoms with Crippen LogP contribution in [0.3, 0.4) is 0 Å². The SMILES string of the molecule is CCCCc1n[nH]c(=S)n1/N=C\c1ccc(Cl)c(Cl)c1. The Balaban J connectivity index is 2.24. The summed E-state index contributed by atoms with van der Waals surface area (Å²) in [5.74, 6) is 0.827. The van der Waals surface area contributed by atoms with Crippen LogP contribution in [0.4, 0.5) is 0 Å². The van der Waals surface area contributed by atoms with E-state index in [9.17, 15) is 0 Å². The van der Waals surface area contributed by atoms with E-state index < -0.39 is 0 Å². The summed E-state index contributed by atoms with van der Waals surface area (Å²) in [6.07, 6.45) is 4.66. The molecule has 0 fully saturated rings. The molecule has 20 heavy (non-hydrogen) atoms. The van der Waals surface area contributed by atoms with Gasteiger partial charge in [-0.2, -0.15) is 14.9 Å². The van der Waals surface area contributed by atoms with Gasteiger partial charge in [0.05, 0.1) is 16.3 Å². The largest absolute Gasteiger partial charge is 0.250 e. The van der Waals surface area contributed by atoms with E-state index in [0.717, 1.165) is 30.7 Å². The second-order valence-corrected chi connectivity index (χ2v) is 5.48. The van der Waals surface area contributed by atoms with Gasteiger partial charge in [-0.15, -0.1) is 0 Å². The lowest BCUT2D eigenvalue weighted by atomic mass is 10.2. The van der Waals surface area contributed by atoms with E-state index in [0.29, 0.717) is 14.8 Å². The summed E-state index contributed by atoms with van der Waals surface area (Å²) in [5.41, 5.74) is 0.851. The van der Waals surface area contributed by atoms with Crippen LogP contribution in [0.2, 0.25) is 10.0 Å². The normalized spacial score (nSPS) is 11.3. The minimum atomic E-state index is 0.479. The van der Waals surface area contributed by atoms with Gasteiger partial charge in [0.2, 0.25) is 4.77 Å². The lowest BCUT2D eigenvalue weighted by Gasteiger charge is -2.00. The lowest BCUT2D eigenvalue weighted by Crippen LogP contribution is -1.99. The molecule has 2 aromatic rings. The van der Waals surface area contributed by atoms with Crippen LogP contribution < -0.4 is 0 Å². The van der Waals surface area contributed by atoms with Gasteiger partial charge in [0.1, 0.15) is 0 Å². The van der Waals surface area contributed by atoms with E-state index in [2.05, 4.69) is 22.2 Å². The zero-order valence-electron chi connectivity index (χ0n) is 10.9. The van der Waals surface area contributed by atoms with E-state index in [1.54, 1.807) is 23.0 Å². The molecule has 1 heterocycles. The molecule has 4 nitrogen and oxygen atoms in total. The van der Waals surface area contributed by atoms with Gasteiger partial charge in [0.15, 0.2) is 5.82 Å². The highest BCUT2D eigenvalue weighted by Crippen LogP contribution is 2.21. The molecule has 0 atom stereocenters. The first kappa shape index (κ1) is 15.2. The smallest absolute Gasteiger partial charge is 0.216 e. The van der Waals surface area contributed by atoms with Crippen molar-refractivity contribution in [2.24, 2.45) is 5.10 Å². The molecule has 1 aromatic heterocycles. The number of hydrogen-bond acceptors (Lipinski definition) is 3.